The highest BCUT2D eigenvalue weighted by molar-refractivity contribution is 6.31. The van der Waals surface area contributed by atoms with Crippen LogP contribution in [0.1, 0.15) is 30.0 Å². The minimum Gasteiger partial charge on any atom is -0.336 e. The van der Waals surface area contributed by atoms with Crippen molar-refractivity contribution < 1.29 is 4.79 Å². The van der Waals surface area contributed by atoms with Crippen molar-refractivity contribution >= 4 is 17.5 Å². The molecular weight excluding hydrogens is 398 g/mol. The first-order valence-corrected chi connectivity index (χ1v) is 11.3. The van der Waals surface area contributed by atoms with Crippen molar-refractivity contribution in [2.24, 2.45) is 13.0 Å². The monoisotopic (exact) mass is 429 g/mol. The molecule has 0 bridgehead atoms. The van der Waals surface area contributed by atoms with Crippen LogP contribution < -0.4 is 0 Å². The third-order valence-electron chi connectivity index (χ3n) is 6.34. The van der Waals surface area contributed by atoms with Gasteiger partial charge >= 0.3 is 0 Å². The number of likely N-dealkylation sites (N-methyl/N-ethyl adjacent to an activating group) is 1. The van der Waals surface area contributed by atoms with Crippen LogP contribution in [0.15, 0.2) is 36.5 Å². The van der Waals surface area contributed by atoms with Crippen molar-refractivity contribution in [2.45, 2.75) is 25.3 Å². The highest BCUT2D eigenvalue weighted by atomic mass is 35.5. The molecule has 6 nitrogen and oxygen atoms in total. The van der Waals surface area contributed by atoms with Crippen molar-refractivity contribution in [3.05, 3.63) is 52.8 Å². The maximum absolute atomic E-state index is 13.4. The quantitative estimate of drug-likeness (QED) is 0.647. The van der Waals surface area contributed by atoms with E-state index in [9.17, 15) is 4.79 Å². The molecular formula is C23H32ClN5O. The van der Waals surface area contributed by atoms with Gasteiger partial charge in [-0.3, -0.25) is 9.48 Å². The highest BCUT2D eigenvalue weighted by Gasteiger charge is 2.45. The molecule has 2 atom stereocenters. The van der Waals surface area contributed by atoms with Gasteiger partial charge < -0.3 is 14.7 Å². The predicted molar refractivity (Wildman–Crippen MR) is 119 cm³/mol. The Kier molecular flexibility index (Phi) is 6.76. The Labute approximate surface area is 184 Å². The number of hydrogen-bond acceptors (Lipinski definition) is 4. The summed E-state index contributed by atoms with van der Waals surface area (Å²) in [5, 5.41) is 5.10. The number of hydrogen-bond donors (Lipinski definition) is 0. The topological polar surface area (TPSA) is 44.6 Å². The molecule has 2 aliphatic rings. The van der Waals surface area contributed by atoms with Crippen LogP contribution in [0.3, 0.4) is 0 Å². The number of benzene rings is 1. The average molecular weight is 430 g/mol. The van der Waals surface area contributed by atoms with Gasteiger partial charge in [-0.25, -0.2) is 0 Å². The van der Waals surface area contributed by atoms with Gasteiger partial charge in [-0.1, -0.05) is 41.9 Å². The third kappa shape index (κ3) is 5.23. The number of aryl methyl sites for hydroxylation is 1. The lowest BCUT2D eigenvalue weighted by molar-refractivity contribution is -0.133. The zero-order valence-corrected chi connectivity index (χ0v) is 18.8. The van der Waals surface area contributed by atoms with Crippen LogP contribution >= 0.6 is 11.6 Å². The van der Waals surface area contributed by atoms with Gasteiger partial charge in [0.15, 0.2) is 0 Å². The van der Waals surface area contributed by atoms with Gasteiger partial charge in [-0.05, 0) is 37.9 Å². The molecule has 0 radical (unpaired) electrons. The maximum Gasteiger partial charge on any atom is 0.226 e. The number of amides is 1. The summed E-state index contributed by atoms with van der Waals surface area (Å²) in [6, 6.07) is 10.4. The molecule has 1 aromatic heterocycles. The predicted octanol–water partition coefficient (Wildman–Crippen LogP) is 2.84. The van der Waals surface area contributed by atoms with E-state index < -0.39 is 0 Å². The first-order valence-electron chi connectivity index (χ1n) is 10.9. The first kappa shape index (κ1) is 21.3. The molecule has 162 valence electrons. The number of rotatable bonds is 8. The fraction of sp³-hybridized carbons (Fsp3) is 0.565. The van der Waals surface area contributed by atoms with Crippen LogP contribution in [0.25, 0.3) is 0 Å². The molecule has 1 aromatic carbocycles. The van der Waals surface area contributed by atoms with E-state index in [0.29, 0.717) is 17.5 Å². The fourth-order valence-electron chi connectivity index (χ4n) is 4.39. The normalized spacial score (nSPS) is 22.2. The molecule has 0 unspecified atom stereocenters. The van der Waals surface area contributed by atoms with Crippen LogP contribution in [0.2, 0.25) is 5.02 Å². The molecule has 2 aromatic rings. The maximum atomic E-state index is 13.4. The Bertz CT molecular complexity index is 847. The molecule has 30 heavy (non-hydrogen) atoms. The van der Waals surface area contributed by atoms with E-state index in [1.165, 1.54) is 5.56 Å². The molecule has 1 saturated carbocycles. The van der Waals surface area contributed by atoms with E-state index in [-0.39, 0.29) is 11.8 Å². The summed E-state index contributed by atoms with van der Waals surface area (Å²) in [5.41, 5.74) is 2.05. The minimum atomic E-state index is 0.0820. The lowest BCUT2D eigenvalue weighted by Gasteiger charge is -2.33. The van der Waals surface area contributed by atoms with E-state index in [1.54, 1.807) is 10.9 Å². The summed E-state index contributed by atoms with van der Waals surface area (Å²) in [4.78, 5) is 20.2. The number of aromatic nitrogens is 2. The fourth-order valence-corrected chi connectivity index (χ4v) is 4.63. The number of halogens is 1. The Hall–Kier alpha value is -1.89. The van der Waals surface area contributed by atoms with Crippen LogP contribution in [0.4, 0.5) is 0 Å². The van der Waals surface area contributed by atoms with E-state index in [0.717, 1.165) is 57.8 Å². The van der Waals surface area contributed by atoms with Gasteiger partial charge in [0.2, 0.25) is 5.91 Å². The standard InChI is InChI=1S/C23H32ClN5O/c1-26-11-13-28(14-12-26)9-6-10-29(17-22-21(24)16-27(2)25-22)23(30)20-15-19(20)18-7-4-3-5-8-18/h3-5,7-8,16,19-20H,6,9-15,17H2,1-2H3/t19-,20-/m0/s1. The molecule has 1 amide bonds. The summed E-state index contributed by atoms with van der Waals surface area (Å²) in [7, 11) is 4.04. The summed E-state index contributed by atoms with van der Waals surface area (Å²) >= 11 is 6.35. The zero-order chi connectivity index (χ0) is 21.1. The molecule has 4 rings (SSSR count). The Morgan fingerprint density at radius 3 is 2.57 bits per heavy atom. The summed E-state index contributed by atoms with van der Waals surface area (Å²) in [6.07, 6.45) is 3.71. The molecule has 0 N–H and O–H groups in total. The van der Waals surface area contributed by atoms with E-state index >= 15 is 0 Å². The zero-order valence-electron chi connectivity index (χ0n) is 18.0. The van der Waals surface area contributed by atoms with Gasteiger partial charge in [0, 0.05) is 51.9 Å². The van der Waals surface area contributed by atoms with E-state index in [2.05, 4.69) is 46.2 Å². The lowest BCUT2D eigenvalue weighted by Crippen LogP contribution is -2.45. The second kappa shape index (κ2) is 9.50. The molecule has 0 spiro atoms. The van der Waals surface area contributed by atoms with Crippen LogP contribution in [-0.2, 0) is 18.4 Å². The highest BCUT2D eigenvalue weighted by Crippen LogP contribution is 2.48. The van der Waals surface area contributed by atoms with Gasteiger partial charge in [0.1, 0.15) is 5.69 Å². The van der Waals surface area contributed by atoms with Crippen LogP contribution in [0.5, 0.6) is 0 Å². The second-order valence-electron chi connectivity index (χ2n) is 8.72. The number of piperazine rings is 1. The number of carbonyl (C=O) groups is 1. The van der Waals surface area contributed by atoms with Crippen LogP contribution in [0, 0.1) is 5.92 Å². The Morgan fingerprint density at radius 1 is 1.17 bits per heavy atom. The van der Waals surface area contributed by atoms with Crippen LogP contribution in [-0.4, -0.2) is 76.7 Å². The largest absolute Gasteiger partial charge is 0.336 e. The second-order valence-corrected chi connectivity index (χ2v) is 9.12. The summed E-state index contributed by atoms with van der Waals surface area (Å²) < 4.78 is 1.72. The summed E-state index contributed by atoms with van der Waals surface area (Å²) in [5.74, 6) is 0.667. The van der Waals surface area contributed by atoms with Gasteiger partial charge in [0.05, 0.1) is 11.6 Å². The minimum absolute atomic E-state index is 0.0820. The third-order valence-corrected chi connectivity index (χ3v) is 6.66. The van der Waals surface area contributed by atoms with Gasteiger partial charge in [-0.15, -0.1) is 0 Å². The SMILES string of the molecule is CN1CCN(CCCN(Cc2nn(C)cc2Cl)C(=O)[C@H]2C[C@H]2c2ccccc2)CC1. The van der Waals surface area contributed by atoms with Crippen molar-refractivity contribution in [2.75, 3.05) is 46.3 Å². The van der Waals surface area contributed by atoms with Crippen molar-refractivity contribution in [3.63, 3.8) is 0 Å². The molecule has 2 heterocycles. The molecule has 1 aliphatic carbocycles. The molecule has 7 heteroatoms. The molecule has 1 aliphatic heterocycles. The van der Waals surface area contributed by atoms with Gasteiger partial charge in [0.25, 0.3) is 0 Å². The van der Waals surface area contributed by atoms with E-state index in [4.69, 9.17) is 11.6 Å². The Balaban J connectivity index is 1.38. The molecule has 1 saturated heterocycles. The smallest absolute Gasteiger partial charge is 0.226 e. The van der Waals surface area contributed by atoms with Crippen molar-refractivity contribution in [1.29, 1.82) is 0 Å². The molecule has 2 fully saturated rings. The number of carbonyl (C=O) groups excluding carboxylic acids is 1. The average Bonchev–Trinajstić information content (AvgIpc) is 3.48. The van der Waals surface area contributed by atoms with Gasteiger partial charge in [-0.2, -0.15) is 5.10 Å². The number of nitrogens with zero attached hydrogens (tertiary/aromatic N) is 5. The van der Waals surface area contributed by atoms with Crippen molar-refractivity contribution in [3.8, 4) is 0 Å². The first-order chi connectivity index (χ1) is 14.5. The Morgan fingerprint density at radius 2 is 1.90 bits per heavy atom. The lowest BCUT2D eigenvalue weighted by atomic mass is 10.1. The van der Waals surface area contributed by atoms with Crippen molar-refractivity contribution in [1.82, 2.24) is 24.5 Å². The summed E-state index contributed by atoms with van der Waals surface area (Å²) in [6.45, 7) is 6.71. The van der Waals surface area contributed by atoms with E-state index in [1.807, 2.05) is 18.0 Å².